The van der Waals surface area contributed by atoms with Crippen LogP contribution >= 0.6 is 0 Å². The van der Waals surface area contributed by atoms with Gasteiger partial charge < -0.3 is 10.6 Å². The number of anilines is 1. The summed E-state index contributed by atoms with van der Waals surface area (Å²) in [7, 11) is 0. The van der Waals surface area contributed by atoms with E-state index >= 15 is 0 Å². The van der Waals surface area contributed by atoms with Gasteiger partial charge in [-0.05, 0) is 37.0 Å². The molecule has 1 aliphatic rings. The Hall–Kier alpha value is -1.87. The summed E-state index contributed by atoms with van der Waals surface area (Å²) < 4.78 is 0. The number of aromatic nitrogens is 1. The summed E-state index contributed by atoms with van der Waals surface area (Å²) in [6.07, 6.45) is 4.01. The van der Waals surface area contributed by atoms with Crippen LogP contribution in [0.3, 0.4) is 0 Å². The van der Waals surface area contributed by atoms with Crippen molar-refractivity contribution >= 4 is 5.82 Å². The van der Waals surface area contributed by atoms with Crippen molar-refractivity contribution in [1.29, 1.82) is 0 Å². The largest absolute Gasteiger partial charge is 0.356 e. The van der Waals surface area contributed by atoms with Crippen molar-refractivity contribution in [3.8, 4) is 0 Å². The zero-order chi connectivity index (χ0) is 13.9. The van der Waals surface area contributed by atoms with Gasteiger partial charge >= 0.3 is 0 Å². The van der Waals surface area contributed by atoms with E-state index in [4.69, 9.17) is 5.73 Å². The molecule has 0 aliphatic carbocycles. The highest BCUT2D eigenvalue weighted by molar-refractivity contribution is 5.49. The molecule has 2 N–H and O–H groups in total. The van der Waals surface area contributed by atoms with Crippen molar-refractivity contribution in [3.63, 3.8) is 0 Å². The zero-order valence-corrected chi connectivity index (χ0v) is 11.9. The highest BCUT2D eigenvalue weighted by atomic mass is 15.2. The SMILES string of the molecule is C[C@H](N)c1cccnc1N1CCc2ccccc2CC1. The first-order valence-electron chi connectivity index (χ1n) is 7.28. The van der Waals surface area contributed by atoms with Gasteiger partial charge in [-0.3, -0.25) is 0 Å². The van der Waals surface area contributed by atoms with Crippen LogP contribution in [0.4, 0.5) is 5.82 Å². The van der Waals surface area contributed by atoms with Crippen molar-refractivity contribution in [2.24, 2.45) is 5.73 Å². The van der Waals surface area contributed by atoms with Crippen molar-refractivity contribution in [3.05, 3.63) is 59.3 Å². The topological polar surface area (TPSA) is 42.1 Å². The molecule has 3 heteroatoms. The van der Waals surface area contributed by atoms with E-state index in [2.05, 4.69) is 40.2 Å². The minimum Gasteiger partial charge on any atom is -0.356 e. The van der Waals surface area contributed by atoms with Gasteiger partial charge in [0.05, 0.1) is 0 Å². The summed E-state index contributed by atoms with van der Waals surface area (Å²) in [6, 6.07) is 12.8. The quantitative estimate of drug-likeness (QED) is 0.909. The number of pyridine rings is 1. The third kappa shape index (κ3) is 2.54. The van der Waals surface area contributed by atoms with Crippen LogP contribution < -0.4 is 10.6 Å². The van der Waals surface area contributed by atoms with Gasteiger partial charge in [0.2, 0.25) is 0 Å². The predicted molar refractivity (Wildman–Crippen MR) is 82.9 cm³/mol. The zero-order valence-electron chi connectivity index (χ0n) is 11.9. The van der Waals surface area contributed by atoms with Crippen LogP contribution in [0, 0.1) is 0 Å². The van der Waals surface area contributed by atoms with E-state index in [1.165, 1.54) is 11.1 Å². The molecule has 0 radical (unpaired) electrons. The predicted octanol–water partition coefficient (Wildman–Crippen LogP) is 2.71. The molecule has 0 unspecified atom stereocenters. The summed E-state index contributed by atoms with van der Waals surface area (Å²) in [5.74, 6) is 1.05. The summed E-state index contributed by atoms with van der Waals surface area (Å²) >= 11 is 0. The Morgan fingerprint density at radius 3 is 2.30 bits per heavy atom. The first-order valence-corrected chi connectivity index (χ1v) is 7.28. The van der Waals surface area contributed by atoms with Gasteiger partial charge in [0.25, 0.3) is 0 Å². The summed E-state index contributed by atoms with van der Waals surface area (Å²) in [6.45, 7) is 4.04. The Balaban J connectivity index is 1.87. The lowest BCUT2D eigenvalue weighted by molar-refractivity contribution is 0.752. The molecule has 1 aromatic heterocycles. The number of hydrogen-bond donors (Lipinski definition) is 1. The Morgan fingerprint density at radius 2 is 1.70 bits per heavy atom. The van der Waals surface area contributed by atoms with Crippen LogP contribution in [0.15, 0.2) is 42.6 Å². The van der Waals surface area contributed by atoms with Crippen LogP contribution in [0.1, 0.15) is 29.7 Å². The Kier molecular flexibility index (Phi) is 3.70. The maximum absolute atomic E-state index is 6.08. The number of fused-ring (bicyclic) bond motifs is 1. The van der Waals surface area contributed by atoms with Crippen LogP contribution in [-0.2, 0) is 12.8 Å². The molecule has 3 rings (SSSR count). The van der Waals surface area contributed by atoms with Crippen molar-refractivity contribution < 1.29 is 0 Å². The van der Waals surface area contributed by atoms with Gasteiger partial charge in [-0.1, -0.05) is 30.3 Å². The molecular formula is C17H21N3. The van der Waals surface area contributed by atoms with Crippen LogP contribution in [0.2, 0.25) is 0 Å². The lowest BCUT2D eigenvalue weighted by atomic mass is 10.0. The van der Waals surface area contributed by atoms with Crippen molar-refractivity contribution in [2.45, 2.75) is 25.8 Å². The molecule has 0 amide bonds. The molecule has 0 fully saturated rings. The lowest BCUT2D eigenvalue weighted by Crippen LogP contribution is -2.29. The molecule has 1 atom stereocenters. The standard InChI is InChI=1S/C17H21N3/c1-13(18)16-7-4-10-19-17(16)20-11-8-14-5-2-3-6-15(14)9-12-20/h2-7,10,13H,8-9,11-12,18H2,1H3/t13-/m0/s1. The van der Waals surface area contributed by atoms with E-state index in [1.807, 2.05) is 19.2 Å². The van der Waals surface area contributed by atoms with E-state index in [9.17, 15) is 0 Å². The third-order valence-electron chi connectivity index (χ3n) is 4.03. The van der Waals surface area contributed by atoms with Gasteiger partial charge in [0, 0.05) is 30.9 Å². The molecule has 3 nitrogen and oxygen atoms in total. The molecular weight excluding hydrogens is 246 g/mol. The van der Waals surface area contributed by atoms with E-state index in [0.29, 0.717) is 0 Å². The molecule has 1 aromatic carbocycles. The lowest BCUT2D eigenvalue weighted by Gasteiger charge is -2.25. The molecule has 2 aromatic rings. The summed E-state index contributed by atoms with van der Waals surface area (Å²) in [5.41, 5.74) is 10.1. The molecule has 0 saturated carbocycles. The number of nitrogens with two attached hydrogens (primary N) is 1. The summed E-state index contributed by atoms with van der Waals surface area (Å²) in [4.78, 5) is 6.95. The monoisotopic (exact) mass is 267 g/mol. The Labute approximate surface area is 120 Å². The highest BCUT2D eigenvalue weighted by Crippen LogP contribution is 2.25. The van der Waals surface area contributed by atoms with Gasteiger partial charge in [0.1, 0.15) is 5.82 Å². The Morgan fingerprint density at radius 1 is 1.05 bits per heavy atom. The minimum absolute atomic E-state index is 0.0179. The number of rotatable bonds is 2. The van der Waals surface area contributed by atoms with E-state index in [-0.39, 0.29) is 6.04 Å². The van der Waals surface area contributed by atoms with Crippen molar-refractivity contribution in [2.75, 3.05) is 18.0 Å². The van der Waals surface area contributed by atoms with Gasteiger partial charge in [-0.2, -0.15) is 0 Å². The third-order valence-corrected chi connectivity index (χ3v) is 4.03. The maximum atomic E-state index is 6.08. The average molecular weight is 267 g/mol. The molecule has 0 bridgehead atoms. The number of hydrogen-bond acceptors (Lipinski definition) is 3. The van der Waals surface area contributed by atoms with Gasteiger partial charge in [-0.15, -0.1) is 0 Å². The minimum atomic E-state index is 0.0179. The second-order valence-electron chi connectivity index (χ2n) is 5.46. The molecule has 2 heterocycles. The van der Waals surface area contributed by atoms with Gasteiger partial charge in [-0.25, -0.2) is 4.98 Å². The van der Waals surface area contributed by atoms with Gasteiger partial charge in [0.15, 0.2) is 0 Å². The second kappa shape index (κ2) is 5.63. The van der Waals surface area contributed by atoms with Crippen LogP contribution in [0.5, 0.6) is 0 Å². The first-order chi connectivity index (χ1) is 9.75. The van der Waals surface area contributed by atoms with Crippen molar-refractivity contribution in [1.82, 2.24) is 4.98 Å². The number of nitrogens with zero attached hydrogens (tertiary/aromatic N) is 2. The number of benzene rings is 1. The average Bonchev–Trinajstić information content (AvgIpc) is 2.70. The normalized spacial score (nSPS) is 16.4. The molecule has 1 aliphatic heterocycles. The fourth-order valence-corrected chi connectivity index (χ4v) is 2.91. The van der Waals surface area contributed by atoms with E-state index in [0.717, 1.165) is 37.3 Å². The van der Waals surface area contributed by atoms with E-state index < -0.39 is 0 Å². The fraction of sp³-hybridized carbons (Fsp3) is 0.353. The molecule has 0 saturated heterocycles. The second-order valence-corrected chi connectivity index (χ2v) is 5.46. The Bertz CT molecular complexity index is 565. The first kappa shape index (κ1) is 13.1. The van der Waals surface area contributed by atoms with E-state index in [1.54, 1.807) is 0 Å². The maximum Gasteiger partial charge on any atom is 0.133 e. The summed E-state index contributed by atoms with van der Waals surface area (Å²) in [5, 5.41) is 0. The highest BCUT2D eigenvalue weighted by Gasteiger charge is 2.18. The van der Waals surface area contributed by atoms with Crippen LogP contribution in [0.25, 0.3) is 0 Å². The molecule has 0 spiro atoms. The molecule has 20 heavy (non-hydrogen) atoms. The van der Waals surface area contributed by atoms with Crippen LogP contribution in [-0.4, -0.2) is 18.1 Å². The fourth-order valence-electron chi connectivity index (χ4n) is 2.91. The molecule has 104 valence electrons. The smallest absolute Gasteiger partial charge is 0.133 e.